The van der Waals surface area contributed by atoms with Crippen LogP contribution in [0.25, 0.3) is 0 Å². The van der Waals surface area contributed by atoms with Gasteiger partial charge in [0.15, 0.2) is 0 Å². The van der Waals surface area contributed by atoms with Crippen molar-refractivity contribution in [3.8, 4) is 5.75 Å². The second kappa shape index (κ2) is 10.7. The summed E-state index contributed by atoms with van der Waals surface area (Å²) in [4.78, 5) is 27.2. The van der Waals surface area contributed by atoms with E-state index in [0.717, 1.165) is 34.5 Å². The molecule has 0 saturated heterocycles. The average Bonchev–Trinajstić information content (AvgIpc) is 3.29. The quantitative estimate of drug-likeness (QED) is 0.539. The van der Waals surface area contributed by atoms with Gasteiger partial charge < -0.3 is 19.7 Å². The van der Waals surface area contributed by atoms with Crippen molar-refractivity contribution < 1.29 is 19.1 Å². The molecule has 170 valence electrons. The van der Waals surface area contributed by atoms with E-state index >= 15 is 0 Å². The molecule has 0 unspecified atom stereocenters. The van der Waals surface area contributed by atoms with Crippen LogP contribution in [0.2, 0.25) is 0 Å². The van der Waals surface area contributed by atoms with Crippen molar-refractivity contribution in [3.05, 3.63) is 95.6 Å². The molecular formula is C27H28N2O4. The molecule has 1 heterocycles. The molecule has 6 nitrogen and oxygen atoms in total. The van der Waals surface area contributed by atoms with E-state index in [4.69, 9.17) is 9.47 Å². The van der Waals surface area contributed by atoms with Crippen LogP contribution < -0.4 is 15.0 Å². The summed E-state index contributed by atoms with van der Waals surface area (Å²) in [6, 6.07) is 24.6. The van der Waals surface area contributed by atoms with Gasteiger partial charge in [-0.1, -0.05) is 67.6 Å². The molecule has 0 bridgehead atoms. The van der Waals surface area contributed by atoms with Crippen LogP contribution in [-0.4, -0.2) is 24.6 Å². The molecule has 0 radical (unpaired) electrons. The predicted molar refractivity (Wildman–Crippen MR) is 127 cm³/mol. The van der Waals surface area contributed by atoms with Gasteiger partial charge in [0.2, 0.25) is 5.91 Å². The Bertz CT molecular complexity index is 1090. The van der Waals surface area contributed by atoms with Crippen LogP contribution in [0.1, 0.15) is 30.0 Å². The number of anilines is 1. The summed E-state index contributed by atoms with van der Waals surface area (Å²) < 4.78 is 11.2. The van der Waals surface area contributed by atoms with Gasteiger partial charge in [-0.2, -0.15) is 0 Å². The number of hydrogen-bond acceptors (Lipinski definition) is 4. The Kier molecular flexibility index (Phi) is 7.25. The van der Waals surface area contributed by atoms with Gasteiger partial charge in [-0.25, -0.2) is 4.79 Å². The third kappa shape index (κ3) is 5.71. The fourth-order valence-electron chi connectivity index (χ4n) is 3.87. The van der Waals surface area contributed by atoms with Gasteiger partial charge in [0.05, 0.1) is 0 Å². The Morgan fingerprint density at radius 3 is 2.27 bits per heavy atom. The summed E-state index contributed by atoms with van der Waals surface area (Å²) in [6.45, 7) is 3.11. The van der Waals surface area contributed by atoms with Gasteiger partial charge >= 0.3 is 6.09 Å². The second-order valence-corrected chi connectivity index (χ2v) is 7.97. The molecule has 0 aliphatic carbocycles. The van der Waals surface area contributed by atoms with E-state index in [-0.39, 0.29) is 12.5 Å². The molecule has 2 amide bonds. The number of fused-ring (bicyclic) bond motifs is 1. The van der Waals surface area contributed by atoms with Gasteiger partial charge in [0, 0.05) is 12.2 Å². The molecule has 1 aliphatic rings. The zero-order valence-electron chi connectivity index (χ0n) is 18.7. The highest BCUT2D eigenvalue weighted by atomic mass is 16.5. The van der Waals surface area contributed by atoms with Gasteiger partial charge in [-0.15, -0.1) is 0 Å². The Labute approximate surface area is 194 Å². The Morgan fingerprint density at radius 1 is 0.939 bits per heavy atom. The molecular weight excluding hydrogens is 416 g/mol. The molecule has 33 heavy (non-hydrogen) atoms. The lowest BCUT2D eigenvalue weighted by atomic mass is 10.1. The van der Waals surface area contributed by atoms with Crippen molar-refractivity contribution in [2.45, 2.75) is 39.0 Å². The maximum atomic E-state index is 13.2. The minimum atomic E-state index is -0.645. The first-order valence-corrected chi connectivity index (χ1v) is 11.2. The van der Waals surface area contributed by atoms with Crippen molar-refractivity contribution in [1.82, 2.24) is 5.32 Å². The van der Waals surface area contributed by atoms with E-state index in [1.807, 2.05) is 85.8 Å². The van der Waals surface area contributed by atoms with Gasteiger partial charge in [0.1, 0.15) is 25.0 Å². The highest BCUT2D eigenvalue weighted by Gasteiger charge is 2.30. The SMILES string of the molecule is CC[C@H](NC(=O)OCc1ccccc1)C(=O)N1CCc2cc(OCc3ccccc3)ccc21. The molecule has 0 spiro atoms. The predicted octanol–water partition coefficient (Wildman–Crippen LogP) is 4.86. The number of alkyl carbamates (subject to hydrolysis) is 1. The largest absolute Gasteiger partial charge is 0.489 e. The number of hydrogen-bond donors (Lipinski definition) is 1. The average molecular weight is 445 g/mol. The second-order valence-electron chi connectivity index (χ2n) is 7.97. The summed E-state index contributed by atoms with van der Waals surface area (Å²) in [5.41, 5.74) is 3.93. The number of rotatable bonds is 8. The van der Waals surface area contributed by atoms with Gasteiger partial charge in [-0.3, -0.25) is 4.79 Å². The number of amides is 2. The lowest BCUT2D eigenvalue weighted by molar-refractivity contribution is -0.120. The Hall–Kier alpha value is -3.80. The first-order valence-electron chi connectivity index (χ1n) is 11.2. The lowest BCUT2D eigenvalue weighted by Crippen LogP contribution is -2.48. The van der Waals surface area contributed by atoms with Crippen LogP contribution in [0.15, 0.2) is 78.9 Å². The van der Waals surface area contributed by atoms with Crippen molar-refractivity contribution in [2.75, 3.05) is 11.4 Å². The zero-order chi connectivity index (χ0) is 23.0. The third-order valence-corrected chi connectivity index (χ3v) is 5.67. The molecule has 0 aromatic heterocycles. The number of carbonyl (C=O) groups is 2. The van der Waals surface area contributed by atoms with Crippen LogP contribution in [0.5, 0.6) is 5.75 Å². The molecule has 0 fully saturated rings. The highest BCUT2D eigenvalue weighted by molar-refractivity contribution is 6.00. The monoisotopic (exact) mass is 444 g/mol. The maximum absolute atomic E-state index is 13.2. The minimum absolute atomic E-state index is 0.133. The van der Waals surface area contributed by atoms with Crippen molar-refractivity contribution in [1.29, 1.82) is 0 Å². The van der Waals surface area contributed by atoms with Crippen LogP contribution in [0.4, 0.5) is 10.5 Å². The summed E-state index contributed by atoms with van der Waals surface area (Å²) in [6.07, 6.45) is 0.630. The van der Waals surface area contributed by atoms with Crippen LogP contribution in [-0.2, 0) is 29.2 Å². The molecule has 0 saturated carbocycles. The number of nitrogens with one attached hydrogen (secondary N) is 1. The number of carbonyl (C=O) groups excluding carboxylic acids is 2. The Balaban J connectivity index is 1.34. The van der Waals surface area contributed by atoms with Crippen molar-refractivity contribution in [3.63, 3.8) is 0 Å². The van der Waals surface area contributed by atoms with E-state index in [2.05, 4.69) is 5.32 Å². The fraction of sp³-hybridized carbons (Fsp3) is 0.259. The Morgan fingerprint density at radius 2 is 1.61 bits per heavy atom. The topological polar surface area (TPSA) is 67.9 Å². The molecule has 1 N–H and O–H groups in total. The third-order valence-electron chi connectivity index (χ3n) is 5.67. The lowest BCUT2D eigenvalue weighted by Gasteiger charge is -2.24. The number of benzene rings is 3. The smallest absolute Gasteiger partial charge is 0.408 e. The summed E-state index contributed by atoms with van der Waals surface area (Å²) in [5, 5.41) is 2.72. The van der Waals surface area contributed by atoms with E-state index in [1.54, 1.807) is 4.90 Å². The highest BCUT2D eigenvalue weighted by Crippen LogP contribution is 2.32. The molecule has 3 aromatic carbocycles. The number of ether oxygens (including phenoxy) is 2. The van der Waals surface area contributed by atoms with Crippen LogP contribution in [0.3, 0.4) is 0 Å². The molecule has 6 heteroatoms. The van der Waals surface area contributed by atoms with E-state index in [0.29, 0.717) is 19.6 Å². The van der Waals surface area contributed by atoms with Crippen molar-refractivity contribution in [2.24, 2.45) is 0 Å². The molecule has 3 aromatic rings. The molecule has 1 aliphatic heterocycles. The van der Waals surface area contributed by atoms with Crippen LogP contribution >= 0.6 is 0 Å². The standard InChI is InChI=1S/C27H28N2O4/c1-2-24(28-27(31)33-19-21-11-7-4-8-12-21)26(30)29-16-15-22-17-23(13-14-25(22)29)32-18-20-9-5-3-6-10-20/h3-14,17,24H,2,15-16,18-19H2,1H3,(H,28,31)/t24-/m0/s1. The number of nitrogens with zero attached hydrogens (tertiary/aromatic N) is 1. The van der Waals surface area contributed by atoms with Crippen molar-refractivity contribution >= 4 is 17.7 Å². The van der Waals surface area contributed by atoms with E-state index in [1.165, 1.54) is 0 Å². The summed E-state index contributed by atoms with van der Waals surface area (Å²) >= 11 is 0. The summed E-state index contributed by atoms with van der Waals surface area (Å²) in [7, 11) is 0. The minimum Gasteiger partial charge on any atom is -0.489 e. The maximum Gasteiger partial charge on any atom is 0.408 e. The van der Waals surface area contributed by atoms with Gasteiger partial charge in [0.25, 0.3) is 0 Å². The van der Waals surface area contributed by atoms with E-state index < -0.39 is 12.1 Å². The normalized spacial score (nSPS) is 13.2. The summed E-state index contributed by atoms with van der Waals surface area (Å²) in [5.74, 6) is 0.646. The first kappa shape index (κ1) is 22.4. The fourth-order valence-corrected chi connectivity index (χ4v) is 3.87. The van der Waals surface area contributed by atoms with E-state index in [9.17, 15) is 9.59 Å². The van der Waals surface area contributed by atoms with Crippen LogP contribution in [0, 0.1) is 0 Å². The molecule has 1 atom stereocenters. The molecule has 4 rings (SSSR count). The first-order chi connectivity index (χ1) is 16.1. The van der Waals surface area contributed by atoms with Gasteiger partial charge in [-0.05, 0) is 47.7 Å². The zero-order valence-corrected chi connectivity index (χ0v) is 18.7.